The van der Waals surface area contributed by atoms with Gasteiger partial charge in [-0.2, -0.15) is 4.72 Å². The monoisotopic (exact) mass is 378 g/mol. The van der Waals surface area contributed by atoms with Crippen LogP contribution in [-0.4, -0.2) is 32.1 Å². The largest absolute Gasteiger partial charge is 0.465 e. The number of aliphatic hydroxyl groups is 1. The Bertz CT molecular complexity index is 848. The number of nitrogens with one attached hydrogen (secondary N) is 1. The molecule has 2 rings (SSSR count). The molecule has 0 aromatic heterocycles. The number of nitrogens with two attached hydrogens (primary N) is 1. The molecule has 2 aromatic rings. The van der Waals surface area contributed by atoms with E-state index in [1.54, 1.807) is 31.2 Å². The summed E-state index contributed by atoms with van der Waals surface area (Å²) in [7, 11) is -4.04. The lowest BCUT2D eigenvalue weighted by molar-refractivity contribution is -0.148. The first-order valence-corrected chi connectivity index (χ1v) is 9.52. The lowest BCUT2D eigenvalue weighted by Crippen LogP contribution is -2.45. The number of esters is 1. The van der Waals surface area contributed by atoms with E-state index in [-0.39, 0.29) is 11.5 Å². The molecule has 4 N–H and O–H groups in total. The Kier molecular flexibility index (Phi) is 6.36. The summed E-state index contributed by atoms with van der Waals surface area (Å²) in [5.41, 5.74) is 7.33. The van der Waals surface area contributed by atoms with Gasteiger partial charge in [-0.05, 0) is 43.7 Å². The Balaban J connectivity index is 2.33. The number of carbonyl (C=O) groups excluding carboxylic acids is 1. The smallest absolute Gasteiger partial charge is 0.327 e. The third kappa shape index (κ3) is 4.81. The first-order valence-electron chi connectivity index (χ1n) is 8.03. The van der Waals surface area contributed by atoms with Gasteiger partial charge in [0, 0.05) is 5.69 Å². The highest BCUT2D eigenvalue weighted by molar-refractivity contribution is 7.89. The van der Waals surface area contributed by atoms with Crippen LogP contribution in [0.25, 0.3) is 0 Å². The molecule has 0 unspecified atom stereocenters. The summed E-state index contributed by atoms with van der Waals surface area (Å²) in [4.78, 5) is 12.2. The number of hydrogen-bond donors (Lipinski definition) is 3. The molecule has 8 heteroatoms. The predicted octanol–water partition coefficient (Wildman–Crippen LogP) is 1.52. The average molecular weight is 378 g/mol. The van der Waals surface area contributed by atoms with Crippen molar-refractivity contribution < 1.29 is 23.1 Å². The third-order valence-corrected chi connectivity index (χ3v) is 5.20. The molecule has 2 atom stereocenters. The summed E-state index contributed by atoms with van der Waals surface area (Å²) in [6.07, 6.45) is -1.44. The number of aryl methyl sites for hydroxylation is 1. The van der Waals surface area contributed by atoms with E-state index in [9.17, 15) is 18.3 Å². The van der Waals surface area contributed by atoms with Gasteiger partial charge in [0.2, 0.25) is 10.0 Å². The van der Waals surface area contributed by atoms with Crippen LogP contribution in [-0.2, 0) is 19.6 Å². The van der Waals surface area contributed by atoms with Gasteiger partial charge in [-0.15, -0.1) is 0 Å². The van der Waals surface area contributed by atoms with E-state index in [1.807, 2.05) is 6.92 Å². The van der Waals surface area contributed by atoms with Crippen molar-refractivity contribution in [3.63, 3.8) is 0 Å². The van der Waals surface area contributed by atoms with Crippen molar-refractivity contribution in [1.82, 2.24) is 4.72 Å². The van der Waals surface area contributed by atoms with Crippen LogP contribution in [0, 0.1) is 6.92 Å². The lowest BCUT2D eigenvalue weighted by Gasteiger charge is -2.23. The van der Waals surface area contributed by atoms with Crippen LogP contribution in [0.15, 0.2) is 53.4 Å². The molecule has 0 spiro atoms. The molecular formula is C18H22N2O5S. The second-order valence-corrected chi connectivity index (χ2v) is 7.49. The van der Waals surface area contributed by atoms with Crippen LogP contribution < -0.4 is 10.5 Å². The van der Waals surface area contributed by atoms with Gasteiger partial charge in [0.1, 0.15) is 12.1 Å². The zero-order chi connectivity index (χ0) is 19.3. The first kappa shape index (κ1) is 19.9. The molecule has 0 aliphatic carbocycles. The number of anilines is 1. The van der Waals surface area contributed by atoms with Gasteiger partial charge in [0.15, 0.2) is 0 Å². The van der Waals surface area contributed by atoms with Crippen molar-refractivity contribution in [1.29, 1.82) is 0 Å². The molecule has 0 aliphatic heterocycles. The highest BCUT2D eigenvalue weighted by Crippen LogP contribution is 2.21. The summed E-state index contributed by atoms with van der Waals surface area (Å²) in [5, 5.41) is 10.6. The van der Waals surface area contributed by atoms with Crippen LogP contribution >= 0.6 is 0 Å². The standard InChI is InChI=1S/C18H22N2O5S/c1-3-25-18(22)16(17(21)13-6-8-14(19)9-7-13)20-26(23,24)15-10-4-12(2)5-11-15/h4-11,16-17,20-21H,3,19H2,1-2H3/t16-,17-/m0/s1. The number of benzene rings is 2. The van der Waals surface area contributed by atoms with Gasteiger partial charge >= 0.3 is 5.97 Å². The fraction of sp³-hybridized carbons (Fsp3) is 0.278. The minimum atomic E-state index is -4.04. The van der Waals surface area contributed by atoms with Crippen molar-refractivity contribution in [2.75, 3.05) is 12.3 Å². The zero-order valence-electron chi connectivity index (χ0n) is 14.5. The molecule has 0 saturated heterocycles. The van der Waals surface area contributed by atoms with Crippen LogP contribution in [0.3, 0.4) is 0 Å². The lowest BCUT2D eigenvalue weighted by atomic mass is 10.0. The van der Waals surface area contributed by atoms with Gasteiger partial charge in [-0.1, -0.05) is 29.8 Å². The fourth-order valence-corrected chi connectivity index (χ4v) is 3.50. The molecule has 7 nitrogen and oxygen atoms in total. The minimum Gasteiger partial charge on any atom is -0.465 e. The van der Waals surface area contributed by atoms with E-state index in [0.717, 1.165) is 5.56 Å². The number of hydrogen-bond acceptors (Lipinski definition) is 6. The molecule has 0 aliphatic rings. The molecule has 0 bridgehead atoms. The summed E-state index contributed by atoms with van der Waals surface area (Å²) < 4.78 is 32.4. The van der Waals surface area contributed by atoms with E-state index >= 15 is 0 Å². The van der Waals surface area contributed by atoms with E-state index in [4.69, 9.17) is 10.5 Å². The van der Waals surface area contributed by atoms with Crippen molar-refractivity contribution in [3.05, 3.63) is 59.7 Å². The maximum absolute atomic E-state index is 12.6. The second kappa shape index (κ2) is 8.31. The van der Waals surface area contributed by atoms with Gasteiger partial charge in [-0.25, -0.2) is 8.42 Å². The van der Waals surface area contributed by atoms with E-state index in [1.165, 1.54) is 24.3 Å². The summed E-state index contributed by atoms with van der Waals surface area (Å²) >= 11 is 0. The zero-order valence-corrected chi connectivity index (χ0v) is 15.4. The maximum Gasteiger partial charge on any atom is 0.327 e. The third-order valence-electron chi connectivity index (χ3n) is 3.75. The highest BCUT2D eigenvalue weighted by Gasteiger charge is 2.34. The number of sulfonamides is 1. The average Bonchev–Trinajstić information content (AvgIpc) is 2.60. The molecule has 0 amide bonds. The molecule has 140 valence electrons. The van der Waals surface area contributed by atoms with Gasteiger partial charge in [0.05, 0.1) is 11.5 Å². The second-order valence-electron chi connectivity index (χ2n) is 5.78. The number of carbonyl (C=O) groups is 1. The van der Waals surface area contributed by atoms with E-state index in [2.05, 4.69) is 4.72 Å². The Morgan fingerprint density at radius 1 is 1.15 bits per heavy atom. The maximum atomic E-state index is 12.6. The van der Waals surface area contributed by atoms with Crippen LogP contribution in [0.4, 0.5) is 5.69 Å². The van der Waals surface area contributed by atoms with Crippen LogP contribution in [0.1, 0.15) is 24.2 Å². The fourth-order valence-electron chi connectivity index (χ4n) is 2.31. The van der Waals surface area contributed by atoms with Crippen molar-refractivity contribution in [2.24, 2.45) is 0 Å². The van der Waals surface area contributed by atoms with E-state index < -0.39 is 28.1 Å². The Labute approximate surface area is 152 Å². The molecule has 0 radical (unpaired) electrons. The summed E-state index contributed by atoms with van der Waals surface area (Å²) in [6.45, 7) is 3.48. The number of rotatable bonds is 7. The van der Waals surface area contributed by atoms with Gasteiger partial charge < -0.3 is 15.6 Å². The number of nitrogen functional groups attached to an aromatic ring is 1. The first-order chi connectivity index (χ1) is 12.2. The van der Waals surface area contributed by atoms with Gasteiger partial charge in [-0.3, -0.25) is 4.79 Å². The summed E-state index contributed by atoms with van der Waals surface area (Å²) in [5.74, 6) is -0.868. The van der Waals surface area contributed by atoms with Gasteiger partial charge in [0.25, 0.3) is 0 Å². The predicted molar refractivity (Wildman–Crippen MR) is 97.7 cm³/mol. The Morgan fingerprint density at radius 3 is 2.27 bits per heavy atom. The molecule has 2 aromatic carbocycles. The Morgan fingerprint density at radius 2 is 1.73 bits per heavy atom. The van der Waals surface area contributed by atoms with Crippen molar-refractivity contribution >= 4 is 21.7 Å². The molecule has 0 heterocycles. The number of ether oxygens (including phenoxy) is 1. The normalized spacial score (nSPS) is 13.8. The van der Waals surface area contributed by atoms with Crippen molar-refractivity contribution in [2.45, 2.75) is 30.9 Å². The van der Waals surface area contributed by atoms with Crippen molar-refractivity contribution in [3.8, 4) is 0 Å². The molecular weight excluding hydrogens is 356 g/mol. The highest BCUT2D eigenvalue weighted by atomic mass is 32.2. The molecule has 0 saturated carbocycles. The van der Waals surface area contributed by atoms with E-state index in [0.29, 0.717) is 11.3 Å². The van der Waals surface area contributed by atoms with Crippen LogP contribution in [0.2, 0.25) is 0 Å². The number of aliphatic hydroxyl groups excluding tert-OH is 1. The molecule has 26 heavy (non-hydrogen) atoms. The topological polar surface area (TPSA) is 119 Å². The quantitative estimate of drug-likeness (QED) is 0.496. The summed E-state index contributed by atoms with van der Waals surface area (Å²) in [6, 6.07) is 10.8. The SMILES string of the molecule is CCOC(=O)[C@@H](NS(=O)(=O)c1ccc(C)cc1)[C@@H](O)c1ccc(N)cc1. The minimum absolute atomic E-state index is 0.0121. The molecule has 0 fully saturated rings. The van der Waals surface area contributed by atoms with Crippen LogP contribution in [0.5, 0.6) is 0 Å². The Hall–Kier alpha value is -2.42.